The van der Waals surface area contributed by atoms with Gasteiger partial charge in [-0.2, -0.15) is 0 Å². The molecule has 0 aliphatic heterocycles. The maximum Gasteiger partial charge on any atom is 0.181 e. The summed E-state index contributed by atoms with van der Waals surface area (Å²) < 4.78 is 1.17. The Morgan fingerprint density at radius 1 is 1.40 bits per heavy atom. The summed E-state index contributed by atoms with van der Waals surface area (Å²) in [6, 6.07) is 6.39. The van der Waals surface area contributed by atoms with Crippen molar-refractivity contribution < 1.29 is 0 Å². The van der Waals surface area contributed by atoms with Crippen LogP contribution in [-0.2, 0) is 5.41 Å². The topological polar surface area (TPSA) is 64.9 Å². The van der Waals surface area contributed by atoms with Gasteiger partial charge in [-0.3, -0.25) is 0 Å². The van der Waals surface area contributed by atoms with Crippen LogP contribution >= 0.6 is 11.3 Å². The van der Waals surface area contributed by atoms with Gasteiger partial charge in [-0.05, 0) is 30.5 Å². The number of nitrogens with two attached hydrogens (primary N) is 2. The molecule has 0 radical (unpaired) electrons. The van der Waals surface area contributed by atoms with Crippen LogP contribution in [0.15, 0.2) is 18.2 Å². The Kier molecular flexibility index (Phi) is 1.78. The Hall–Kier alpha value is -1.13. The first-order valence-electron chi connectivity index (χ1n) is 5.10. The van der Waals surface area contributed by atoms with Gasteiger partial charge in [-0.1, -0.05) is 17.4 Å². The average Bonchev–Trinajstić information content (AvgIpc) is 2.94. The van der Waals surface area contributed by atoms with Gasteiger partial charge in [0.1, 0.15) is 0 Å². The summed E-state index contributed by atoms with van der Waals surface area (Å²) in [7, 11) is 0. The predicted molar refractivity (Wildman–Crippen MR) is 64.0 cm³/mol. The highest BCUT2D eigenvalue weighted by atomic mass is 32.1. The van der Waals surface area contributed by atoms with Crippen LogP contribution in [-0.4, -0.2) is 11.5 Å². The van der Waals surface area contributed by atoms with Crippen molar-refractivity contribution in [2.75, 3.05) is 12.3 Å². The molecule has 1 fully saturated rings. The molecule has 3 nitrogen and oxygen atoms in total. The number of benzene rings is 1. The van der Waals surface area contributed by atoms with Crippen molar-refractivity contribution in [2.45, 2.75) is 18.3 Å². The fraction of sp³-hybridized carbons (Fsp3) is 0.364. The lowest BCUT2D eigenvalue weighted by Crippen LogP contribution is -2.19. The third-order valence-electron chi connectivity index (χ3n) is 3.26. The molecule has 0 saturated heterocycles. The highest BCUT2D eigenvalue weighted by Crippen LogP contribution is 2.48. The maximum atomic E-state index is 5.81. The minimum absolute atomic E-state index is 0.257. The summed E-state index contributed by atoms with van der Waals surface area (Å²) in [5, 5.41) is 0.639. The molecule has 78 valence electrons. The van der Waals surface area contributed by atoms with Crippen molar-refractivity contribution in [2.24, 2.45) is 5.73 Å². The Balaban J connectivity index is 2.13. The van der Waals surface area contributed by atoms with Crippen LogP contribution in [0.5, 0.6) is 0 Å². The Bertz CT molecular complexity index is 514. The zero-order chi connectivity index (χ0) is 10.5. The van der Waals surface area contributed by atoms with E-state index in [9.17, 15) is 0 Å². The third kappa shape index (κ3) is 1.33. The van der Waals surface area contributed by atoms with E-state index in [4.69, 9.17) is 11.5 Å². The molecule has 0 spiro atoms. The molecule has 1 aromatic heterocycles. The van der Waals surface area contributed by atoms with Crippen molar-refractivity contribution in [3.8, 4) is 0 Å². The van der Waals surface area contributed by atoms with Crippen LogP contribution < -0.4 is 11.5 Å². The molecule has 1 saturated carbocycles. The van der Waals surface area contributed by atoms with Crippen molar-refractivity contribution >= 4 is 26.7 Å². The van der Waals surface area contributed by atoms with E-state index in [-0.39, 0.29) is 5.41 Å². The lowest BCUT2D eigenvalue weighted by atomic mass is 9.96. The van der Waals surface area contributed by atoms with E-state index in [2.05, 4.69) is 17.1 Å². The minimum atomic E-state index is 0.257. The third-order valence-corrected chi connectivity index (χ3v) is 4.11. The number of rotatable bonds is 2. The molecule has 15 heavy (non-hydrogen) atoms. The Morgan fingerprint density at radius 3 is 2.87 bits per heavy atom. The number of thiazole rings is 1. The minimum Gasteiger partial charge on any atom is -0.375 e. The van der Waals surface area contributed by atoms with Crippen LogP contribution in [0.4, 0.5) is 5.13 Å². The lowest BCUT2D eigenvalue weighted by molar-refractivity contribution is 0.706. The molecule has 3 rings (SSSR count). The van der Waals surface area contributed by atoms with Gasteiger partial charge in [-0.25, -0.2) is 4.98 Å². The first kappa shape index (κ1) is 9.12. The van der Waals surface area contributed by atoms with E-state index >= 15 is 0 Å². The molecule has 1 aliphatic rings. The Morgan fingerprint density at radius 2 is 2.20 bits per heavy atom. The lowest BCUT2D eigenvalue weighted by Gasteiger charge is -2.11. The van der Waals surface area contributed by atoms with Crippen LogP contribution in [0.3, 0.4) is 0 Å². The average molecular weight is 219 g/mol. The van der Waals surface area contributed by atoms with E-state index < -0.39 is 0 Å². The summed E-state index contributed by atoms with van der Waals surface area (Å²) in [5.41, 5.74) is 14.1. The molecule has 0 unspecified atom stereocenters. The van der Waals surface area contributed by atoms with Gasteiger partial charge in [0.05, 0.1) is 10.2 Å². The van der Waals surface area contributed by atoms with Crippen molar-refractivity contribution in [3.63, 3.8) is 0 Å². The molecule has 0 bridgehead atoms. The molecule has 2 aromatic rings. The highest BCUT2D eigenvalue weighted by Gasteiger charge is 2.42. The SMILES string of the molecule is NCC1(c2ccc3nc(N)sc3c2)CC1. The van der Waals surface area contributed by atoms with Gasteiger partial charge >= 0.3 is 0 Å². The molecule has 1 aromatic carbocycles. The highest BCUT2D eigenvalue weighted by molar-refractivity contribution is 7.22. The second-order valence-corrected chi connectivity index (χ2v) is 5.28. The zero-order valence-corrected chi connectivity index (χ0v) is 9.18. The number of hydrogen-bond acceptors (Lipinski definition) is 4. The van der Waals surface area contributed by atoms with E-state index in [1.807, 2.05) is 6.07 Å². The molecule has 1 aliphatic carbocycles. The largest absolute Gasteiger partial charge is 0.375 e. The van der Waals surface area contributed by atoms with Crippen molar-refractivity contribution in [3.05, 3.63) is 23.8 Å². The summed E-state index contributed by atoms with van der Waals surface area (Å²) >= 11 is 1.55. The summed E-state index contributed by atoms with van der Waals surface area (Å²) in [6.45, 7) is 0.743. The molecule has 4 heteroatoms. The molecule has 1 heterocycles. The van der Waals surface area contributed by atoms with Gasteiger partial charge in [0.25, 0.3) is 0 Å². The van der Waals surface area contributed by atoms with Crippen LogP contribution in [0.2, 0.25) is 0 Å². The monoisotopic (exact) mass is 219 g/mol. The number of anilines is 1. The summed E-state index contributed by atoms with van der Waals surface area (Å²) in [4.78, 5) is 4.25. The van der Waals surface area contributed by atoms with E-state index in [0.29, 0.717) is 5.13 Å². The molecule has 0 amide bonds. The predicted octanol–water partition coefficient (Wildman–Crippen LogP) is 1.87. The van der Waals surface area contributed by atoms with Gasteiger partial charge in [0.15, 0.2) is 5.13 Å². The molecule has 0 atom stereocenters. The van der Waals surface area contributed by atoms with Crippen LogP contribution in [0.25, 0.3) is 10.2 Å². The smallest absolute Gasteiger partial charge is 0.181 e. The normalized spacial score (nSPS) is 18.2. The molecular weight excluding hydrogens is 206 g/mol. The second kappa shape index (κ2) is 2.93. The summed E-state index contributed by atoms with van der Waals surface area (Å²) in [6.07, 6.45) is 2.42. The van der Waals surface area contributed by atoms with Crippen molar-refractivity contribution in [1.82, 2.24) is 4.98 Å². The number of aromatic nitrogens is 1. The number of fused-ring (bicyclic) bond motifs is 1. The van der Waals surface area contributed by atoms with Crippen molar-refractivity contribution in [1.29, 1.82) is 0 Å². The first-order valence-corrected chi connectivity index (χ1v) is 5.92. The number of nitrogen functional groups attached to an aromatic ring is 1. The van der Waals surface area contributed by atoms with Gasteiger partial charge in [0, 0.05) is 12.0 Å². The fourth-order valence-electron chi connectivity index (χ4n) is 2.03. The quantitative estimate of drug-likeness (QED) is 0.810. The second-order valence-electron chi connectivity index (χ2n) is 4.22. The van der Waals surface area contributed by atoms with Gasteiger partial charge < -0.3 is 11.5 Å². The Labute approximate surface area is 92.1 Å². The first-order chi connectivity index (χ1) is 7.23. The van der Waals surface area contributed by atoms with Gasteiger partial charge in [-0.15, -0.1) is 0 Å². The van der Waals surface area contributed by atoms with E-state index in [1.54, 1.807) is 11.3 Å². The summed E-state index contributed by atoms with van der Waals surface area (Å²) in [5.74, 6) is 0. The fourth-order valence-corrected chi connectivity index (χ4v) is 2.81. The van der Waals surface area contributed by atoms with Gasteiger partial charge in [0.2, 0.25) is 0 Å². The number of nitrogens with zero attached hydrogens (tertiary/aromatic N) is 1. The zero-order valence-electron chi connectivity index (χ0n) is 8.36. The molecule has 4 N–H and O–H groups in total. The van der Waals surface area contributed by atoms with E-state index in [1.165, 1.54) is 23.1 Å². The number of hydrogen-bond donors (Lipinski definition) is 2. The van der Waals surface area contributed by atoms with Crippen LogP contribution in [0.1, 0.15) is 18.4 Å². The van der Waals surface area contributed by atoms with E-state index in [0.717, 1.165) is 12.1 Å². The maximum absolute atomic E-state index is 5.81. The molecular formula is C11H13N3S. The standard InChI is InChI=1S/C11H13N3S/c12-6-11(3-4-11)7-1-2-8-9(5-7)15-10(13)14-8/h1-2,5H,3-4,6,12H2,(H2,13,14). The van der Waals surface area contributed by atoms with Crippen LogP contribution in [0, 0.1) is 0 Å².